The smallest absolute Gasteiger partial charge is 0.303 e. The SMILES string of the molecule is O=C(O)CCc1nc2ccncn2c1Cl. The largest absolute Gasteiger partial charge is 0.481 e. The number of nitrogens with zero attached hydrogens (tertiary/aromatic N) is 3. The number of aryl methyl sites for hydroxylation is 1. The maximum absolute atomic E-state index is 10.4. The van der Waals surface area contributed by atoms with Gasteiger partial charge in [-0.3, -0.25) is 9.20 Å². The molecule has 2 aromatic heterocycles. The first kappa shape index (κ1) is 9.92. The average Bonchev–Trinajstić information content (AvgIpc) is 2.54. The van der Waals surface area contributed by atoms with Gasteiger partial charge < -0.3 is 5.11 Å². The van der Waals surface area contributed by atoms with Crippen LogP contribution in [0.15, 0.2) is 18.6 Å². The molecular formula is C9H8ClN3O2. The van der Waals surface area contributed by atoms with Crippen molar-refractivity contribution in [3.8, 4) is 0 Å². The molecular weight excluding hydrogens is 218 g/mol. The van der Waals surface area contributed by atoms with Gasteiger partial charge in [-0.2, -0.15) is 0 Å². The minimum absolute atomic E-state index is 0.0248. The van der Waals surface area contributed by atoms with Crippen molar-refractivity contribution in [2.45, 2.75) is 12.8 Å². The molecule has 0 aliphatic carbocycles. The molecule has 0 unspecified atom stereocenters. The molecule has 1 N–H and O–H groups in total. The number of hydrogen-bond acceptors (Lipinski definition) is 3. The van der Waals surface area contributed by atoms with Crippen LogP contribution >= 0.6 is 11.6 Å². The second-order valence-corrected chi connectivity index (χ2v) is 3.41. The lowest BCUT2D eigenvalue weighted by molar-refractivity contribution is -0.136. The lowest BCUT2D eigenvalue weighted by Crippen LogP contribution is -1.98. The Bertz CT molecular complexity index is 509. The lowest BCUT2D eigenvalue weighted by atomic mass is 10.2. The highest BCUT2D eigenvalue weighted by molar-refractivity contribution is 6.30. The fraction of sp³-hybridized carbons (Fsp3) is 0.222. The third kappa shape index (κ3) is 1.92. The summed E-state index contributed by atoms with van der Waals surface area (Å²) >= 11 is 6.01. The minimum Gasteiger partial charge on any atom is -0.481 e. The summed E-state index contributed by atoms with van der Waals surface area (Å²) in [7, 11) is 0. The second kappa shape index (κ2) is 3.86. The van der Waals surface area contributed by atoms with Crippen molar-refractivity contribution < 1.29 is 9.90 Å². The van der Waals surface area contributed by atoms with Crippen molar-refractivity contribution >= 4 is 23.2 Å². The Morgan fingerprint density at radius 2 is 2.40 bits per heavy atom. The van der Waals surface area contributed by atoms with Gasteiger partial charge >= 0.3 is 5.97 Å². The van der Waals surface area contributed by atoms with Crippen molar-refractivity contribution in [3.63, 3.8) is 0 Å². The van der Waals surface area contributed by atoms with E-state index < -0.39 is 5.97 Å². The van der Waals surface area contributed by atoms with E-state index in [9.17, 15) is 4.79 Å². The van der Waals surface area contributed by atoms with Crippen molar-refractivity contribution in [2.75, 3.05) is 0 Å². The van der Waals surface area contributed by atoms with Crippen LogP contribution in [0.1, 0.15) is 12.1 Å². The molecule has 0 atom stereocenters. The summed E-state index contributed by atoms with van der Waals surface area (Å²) in [4.78, 5) is 18.5. The average molecular weight is 226 g/mol. The lowest BCUT2D eigenvalue weighted by Gasteiger charge is -1.93. The Kier molecular flexibility index (Phi) is 2.55. The molecule has 0 aliphatic rings. The van der Waals surface area contributed by atoms with Crippen LogP contribution in [-0.2, 0) is 11.2 Å². The van der Waals surface area contributed by atoms with E-state index in [1.54, 1.807) is 23.0 Å². The molecule has 0 amide bonds. The van der Waals surface area contributed by atoms with Crippen LogP contribution in [0.25, 0.3) is 5.65 Å². The molecule has 78 valence electrons. The van der Waals surface area contributed by atoms with Gasteiger partial charge in [0.25, 0.3) is 0 Å². The number of rotatable bonds is 3. The van der Waals surface area contributed by atoms with E-state index >= 15 is 0 Å². The number of imidazole rings is 1. The Balaban J connectivity index is 2.36. The van der Waals surface area contributed by atoms with E-state index in [1.165, 1.54) is 0 Å². The van der Waals surface area contributed by atoms with Crippen LogP contribution in [0.2, 0.25) is 5.15 Å². The maximum Gasteiger partial charge on any atom is 0.303 e. The van der Waals surface area contributed by atoms with Gasteiger partial charge in [0, 0.05) is 12.6 Å². The molecule has 2 rings (SSSR count). The van der Waals surface area contributed by atoms with Crippen molar-refractivity contribution in [1.82, 2.24) is 14.4 Å². The molecule has 0 saturated heterocycles. The molecule has 0 spiro atoms. The predicted octanol–water partition coefficient (Wildman–Crippen LogP) is 1.40. The molecule has 15 heavy (non-hydrogen) atoms. The summed E-state index contributed by atoms with van der Waals surface area (Å²) in [5, 5.41) is 8.98. The molecule has 6 heteroatoms. The predicted molar refractivity (Wildman–Crippen MR) is 54.0 cm³/mol. The molecule has 0 saturated carbocycles. The standard InChI is InChI=1S/C9H8ClN3O2/c10-9-6(1-2-8(14)15)12-7-3-4-11-5-13(7)9/h3-5H,1-2H2,(H,14,15). The second-order valence-electron chi connectivity index (χ2n) is 3.05. The third-order valence-electron chi connectivity index (χ3n) is 2.01. The third-order valence-corrected chi connectivity index (χ3v) is 2.41. The van der Waals surface area contributed by atoms with E-state index in [4.69, 9.17) is 16.7 Å². The first-order valence-electron chi connectivity index (χ1n) is 4.36. The molecule has 0 radical (unpaired) electrons. The van der Waals surface area contributed by atoms with E-state index in [0.717, 1.165) is 0 Å². The minimum atomic E-state index is -0.860. The quantitative estimate of drug-likeness (QED) is 0.858. The van der Waals surface area contributed by atoms with Gasteiger partial charge in [-0.25, -0.2) is 9.97 Å². The van der Waals surface area contributed by atoms with Gasteiger partial charge in [-0.05, 0) is 6.07 Å². The summed E-state index contributed by atoms with van der Waals surface area (Å²) in [6, 6.07) is 1.72. The fourth-order valence-corrected chi connectivity index (χ4v) is 1.57. The van der Waals surface area contributed by atoms with Gasteiger partial charge in [0.1, 0.15) is 17.1 Å². The zero-order valence-corrected chi connectivity index (χ0v) is 8.48. The Morgan fingerprint density at radius 3 is 3.07 bits per heavy atom. The van der Waals surface area contributed by atoms with Crippen molar-refractivity contribution in [1.29, 1.82) is 0 Å². The van der Waals surface area contributed by atoms with Crippen molar-refractivity contribution in [3.05, 3.63) is 29.4 Å². The summed E-state index contributed by atoms with van der Waals surface area (Å²) in [5.41, 5.74) is 1.27. The Hall–Kier alpha value is -1.62. The summed E-state index contributed by atoms with van der Waals surface area (Å²) < 4.78 is 1.62. The summed E-state index contributed by atoms with van der Waals surface area (Å²) in [6.45, 7) is 0. The highest BCUT2D eigenvalue weighted by atomic mass is 35.5. The Morgan fingerprint density at radius 1 is 1.60 bits per heavy atom. The zero-order valence-electron chi connectivity index (χ0n) is 7.72. The summed E-state index contributed by atoms with van der Waals surface area (Å²) in [6.07, 6.45) is 3.52. The number of carboxylic acid groups (broad SMARTS) is 1. The molecule has 0 bridgehead atoms. The number of carboxylic acids is 1. The zero-order chi connectivity index (χ0) is 10.8. The Labute approximate surface area is 90.3 Å². The monoisotopic (exact) mass is 225 g/mol. The maximum atomic E-state index is 10.4. The van der Waals surface area contributed by atoms with Gasteiger partial charge in [0.15, 0.2) is 0 Å². The highest BCUT2D eigenvalue weighted by Crippen LogP contribution is 2.18. The van der Waals surface area contributed by atoms with Crippen molar-refractivity contribution in [2.24, 2.45) is 0 Å². The number of carbonyl (C=O) groups is 1. The van der Waals surface area contributed by atoms with Gasteiger partial charge in [0.05, 0.1) is 12.1 Å². The molecule has 5 nitrogen and oxygen atoms in total. The van der Waals surface area contributed by atoms with E-state index in [2.05, 4.69) is 9.97 Å². The van der Waals surface area contributed by atoms with Gasteiger partial charge in [-0.1, -0.05) is 11.6 Å². The molecule has 2 heterocycles. The molecule has 0 fully saturated rings. The van der Waals surface area contributed by atoms with E-state index in [1.807, 2.05) is 0 Å². The van der Waals surface area contributed by atoms with E-state index in [-0.39, 0.29) is 6.42 Å². The van der Waals surface area contributed by atoms with Crippen LogP contribution in [0.4, 0.5) is 0 Å². The van der Waals surface area contributed by atoms with Crippen LogP contribution in [-0.4, -0.2) is 25.4 Å². The highest BCUT2D eigenvalue weighted by Gasteiger charge is 2.10. The fourth-order valence-electron chi connectivity index (χ4n) is 1.30. The number of aliphatic carboxylic acids is 1. The van der Waals surface area contributed by atoms with Crippen LogP contribution in [0.3, 0.4) is 0 Å². The number of hydrogen-bond donors (Lipinski definition) is 1. The van der Waals surface area contributed by atoms with Crippen LogP contribution in [0.5, 0.6) is 0 Å². The van der Waals surface area contributed by atoms with Crippen LogP contribution < -0.4 is 0 Å². The first-order valence-corrected chi connectivity index (χ1v) is 4.74. The molecule has 0 aliphatic heterocycles. The van der Waals surface area contributed by atoms with Gasteiger partial charge in [0.2, 0.25) is 0 Å². The van der Waals surface area contributed by atoms with Crippen LogP contribution in [0, 0.1) is 0 Å². The summed E-state index contributed by atoms with van der Waals surface area (Å²) in [5.74, 6) is -0.860. The molecule has 0 aromatic carbocycles. The van der Waals surface area contributed by atoms with E-state index in [0.29, 0.717) is 22.9 Å². The first-order chi connectivity index (χ1) is 7.18. The van der Waals surface area contributed by atoms with Gasteiger partial charge in [-0.15, -0.1) is 0 Å². The number of fused-ring (bicyclic) bond motifs is 1. The number of aromatic nitrogens is 3. The molecule has 2 aromatic rings. The normalized spacial score (nSPS) is 10.7. The number of halogens is 1. The topological polar surface area (TPSA) is 67.5 Å².